The Labute approximate surface area is 162 Å². The molecule has 1 aromatic carbocycles. The second-order valence-corrected chi connectivity index (χ2v) is 6.10. The zero-order valence-corrected chi connectivity index (χ0v) is 16.0. The molecule has 0 saturated carbocycles. The molecule has 0 aliphatic rings. The molecule has 2 rings (SSSR count). The first kappa shape index (κ1) is 20.9. The van der Waals surface area contributed by atoms with Gasteiger partial charge in [0.25, 0.3) is 11.5 Å². The first-order valence-corrected chi connectivity index (χ1v) is 8.56. The number of methoxy groups -OCH3 is 1. The monoisotopic (exact) mass is 385 g/mol. The third-order valence-corrected chi connectivity index (χ3v) is 4.19. The van der Waals surface area contributed by atoms with Crippen molar-refractivity contribution in [2.45, 2.75) is 6.92 Å². The predicted octanol–water partition coefficient (Wildman–Crippen LogP) is 1.67. The lowest BCUT2D eigenvalue weighted by molar-refractivity contribution is 0.0937. The van der Waals surface area contributed by atoms with E-state index in [0.717, 1.165) is 0 Å². The van der Waals surface area contributed by atoms with Crippen LogP contribution in [0, 0.1) is 6.92 Å². The van der Waals surface area contributed by atoms with Crippen LogP contribution >= 0.6 is 0 Å². The molecule has 0 aliphatic heterocycles. The highest BCUT2D eigenvalue weighted by molar-refractivity contribution is 6.11. The lowest BCUT2D eigenvalue weighted by atomic mass is 10.1. The number of rotatable bonds is 7. The summed E-state index contributed by atoms with van der Waals surface area (Å²) in [6.07, 6.45) is 2.98. The summed E-state index contributed by atoms with van der Waals surface area (Å²) in [5.41, 5.74) is 0.994. The van der Waals surface area contributed by atoms with Gasteiger partial charge in [-0.1, -0.05) is 23.4 Å². The Hall–Kier alpha value is -3.39. The van der Waals surface area contributed by atoms with Gasteiger partial charge >= 0.3 is 0 Å². The van der Waals surface area contributed by atoms with Crippen molar-refractivity contribution in [3.63, 3.8) is 0 Å². The largest absolute Gasteiger partial charge is 0.507 e. The predicted molar refractivity (Wildman–Crippen MR) is 106 cm³/mol. The normalized spacial score (nSPS) is 11.8. The minimum absolute atomic E-state index is 0.0898. The molecule has 3 N–H and O–H groups in total. The van der Waals surface area contributed by atoms with E-state index in [1.165, 1.54) is 16.7 Å². The van der Waals surface area contributed by atoms with Gasteiger partial charge < -0.3 is 24.9 Å². The minimum atomic E-state index is -0.485. The Morgan fingerprint density at radius 1 is 1.36 bits per heavy atom. The zero-order chi connectivity index (χ0) is 20.7. The first-order valence-electron chi connectivity index (χ1n) is 8.56. The molecule has 1 heterocycles. The molecule has 0 aliphatic carbocycles. The molecule has 0 saturated heterocycles. The topological polar surface area (TPSA) is 113 Å². The van der Waals surface area contributed by atoms with E-state index in [-0.39, 0.29) is 22.9 Å². The second-order valence-electron chi connectivity index (χ2n) is 6.10. The average molecular weight is 385 g/mol. The van der Waals surface area contributed by atoms with Crippen LogP contribution in [0.5, 0.6) is 5.75 Å². The zero-order valence-electron chi connectivity index (χ0n) is 16.0. The molecule has 2 aromatic rings. The molecule has 0 unspecified atom stereocenters. The maximum absolute atomic E-state index is 12.4. The van der Waals surface area contributed by atoms with Gasteiger partial charge in [0.05, 0.1) is 6.61 Å². The molecule has 0 spiro atoms. The minimum Gasteiger partial charge on any atom is -0.507 e. The van der Waals surface area contributed by atoms with Crippen LogP contribution in [0.2, 0.25) is 0 Å². The standard InChI is InChI=1S/C20H23N3O5/c1-13-11-17(24)18(20(26)23(13)2)16(22-27)8-7-14-5-4-6-15(12-14)19(25)21-9-10-28-3/h4-8,11-12,24,27H,9-10H2,1-3H3,(H,21,25)/b8-7+,22-16-. The van der Waals surface area contributed by atoms with E-state index in [9.17, 15) is 19.9 Å². The fourth-order valence-corrected chi connectivity index (χ4v) is 2.54. The number of carbonyl (C=O) groups excluding carboxylic acids is 1. The lowest BCUT2D eigenvalue weighted by Crippen LogP contribution is -2.26. The lowest BCUT2D eigenvalue weighted by Gasteiger charge is -2.09. The number of pyridine rings is 1. The van der Waals surface area contributed by atoms with Crippen molar-refractivity contribution in [2.75, 3.05) is 20.3 Å². The van der Waals surface area contributed by atoms with Crippen molar-refractivity contribution >= 4 is 17.7 Å². The quantitative estimate of drug-likeness (QED) is 0.290. The summed E-state index contributed by atoms with van der Waals surface area (Å²) >= 11 is 0. The van der Waals surface area contributed by atoms with Crippen molar-refractivity contribution in [1.82, 2.24) is 9.88 Å². The Kier molecular flexibility index (Phi) is 7.11. The van der Waals surface area contributed by atoms with Crippen LogP contribution in [-0.2, 0) is 11.8 Å². The molecule has 1 amide bonds. The van der Waals surface area contributed by atoms with Crippen molar-refractivity contribution < 1.29 is 19.8 Å². The fraction of sp³-hybridized carbons (Fsp3) is 0.250. The number of hydrogen-bond donors (Lipinski definition) is 3. The fourth-order valence-electron chi connectivity index (χ4n) is 2.54. The number of amides is 1. The van der Waals surface area contributed by atoms with E-state index in [1.807, 2.05) is 0 Å². The number of carbonyl (C=O) groups is 1. The molecule has 148 valence electrons. The molecule has 0 radical (unpaired) electrons. The van der Waals surface area contributed by atoms with Gasteiger partial charge in [0.15, 0.2) is 0 Å². The Bertz CT molecular complexity index is 976. The maximum atomic E-state index is 12.4. The molecule has 0 bridgehead atoms. The van der Waals surface area contributed by atoms with Crippen LogP contribution in [0.25, 0.3) is 6.08 Å². The number of ether oxygens (including phenoxy) is 1. The molecule has 8 heteroatoms. The smallest absolute Gasteiger partial charge is 0.263 e. The number of nitrogens with one attached hydrogen (secondary N) is 1. The van der Waals surface area contributed by atoms with E-state index < -0.39 is 5.56 Å². The van der Waals surface area contributed by atoms with E-state index in [2.05, 4.69) is 10.5 Å². The molecule has 0 atom stereocenters. The van der Waals surface area contributed by atoms with Gasteiger partial charge in [-0.15, -0.1) is 0 Å². The van der Waals surface area contributed by atoms with Crippen molar-refractivity contribution in [3.8, 4) is 5.75 Å². The summed E-state index contributed by atoms with van der Waals surface area (Å²) in [4.78, 5) is 24.5. The summed E-state index contributed by atoms with van der Waals surface area (Å²) in [7, 11) is 3.11. The van der Waals surface area contributed by atoms with E-state index in [4.69, 9.17) is 4.74 Å². The van der Waals surface area contributed by atoms with Gasteiger partial charge in [-0.05, 0) is 30.7 Å². The maximum Gasteiger partial charge on any atom is 0.263 e. The van der Waals surface area contributed by atoms with Gasteiger partial charge in [-0.2, -0.15) is 0 Å². The third kappa shape index (κ3) is 4.86. The number of benzene rings is 1. The highest BCUT2D eigenvalue weighted by atomic mass is 16.5. The van der Waals surface area contributed by atoms with E-state index in [1.54, 1.807) is 51.4 Å². The van der Waals surface area contributed by atoms with Crippen LogP contribution < -0.4 is 10.9 Å². The number of aromatic hydroxyl groups is 1. The summed E-state index contributed by atoms with van der Waals surface area (Å²) < 4.78 is 6.24. The van der Waals surface area contributed by atoms with Crippen molar-refractivity contribution in [3.05, 3.63) is 69.1 Å². The summed E-state index contributed by atoms with van der Waals surface area (Å²) in [5.74, 6) is -0.516. The Balaban J connectivity index is 2.28. The van der Waals surface area contributed by atoms with Gasteiger partial charge in [-0.25, -0.2) is 0 Å². The second kappa shape index (κ2) is 9.52. The molecule has 28 heavy (non-hydrogen) atoms. The molecule has 1 aromatic heterocycles. The van der Waals surface area contributed by atoms with Crippen LogP contribution in [0.1, 0.15) is 27.2 Å². The molecular weight excluding hydrogens is 362 g/mol. The Morgan fingerprint density at radius 3 is 2.79 bits per heavy atom. The number of aromatic nitrogens is 1. The number of hydrogen-bond acceptors (Lipinski definition) is 6. The number of aryl methyl sites for hydroxylation is 1. The van der Waals surface area contributed by atoms with Crippen LogP contribution in [-0.4, -0.2) is 46.8 Å². The number of nitrogens with zero attached hydrogens (tertiary/aromatic N) is 2. The van der Waals surface area contributed by atoms with Crippen molar-refractivity contribution in [2.24, 2.45) is 12.2 Å². The molecule has 8 nitrogen and oxygen atoms in total. The highest BCUT2D eigenvalue weighted by Gasteiger charge is 2.15. The van der Waals surface area contributed by atoms with E-state index in [0.29, 0.717) is 30.0 Å². The average Bonchev–Trinajstić information content (AvgIpc) is 2.69. The molecular formula is C20H23N3O5. The SMILES string of the molecule is COCCNC(=O)c1cccc(/C=C/C(=N/O)c2c(O)cc(C)n(C)c2=O)c1. The van der Waals surface area contributed by atoms with Gasteiger partial charge in [0.2, 0.25) is 0 Å². The van der Waals surface area contributed by atoms with Gasteiger partial charge in [-0.3, -0.25) is 9.59 Å². The Morgan fingerprint density at radius 2 is 2.11 bits per heavy atom. The number of allylic oxidation sites excluding steroid dienone is 1. The highest BCUT2D eigenvalue weighted by Crippen LogP contribution is 2.17. The van der Waals surface area contributed by atoms with Gasteiger partial charge in [0.1, 0.15) is 17.0 Å². The van der Waals surface area contributed by atoms with Crippen LogP contribution in [0.3, 0.4) is 0 Å². The first-order chi connectivity index (χ1) is 13.4. The number of oxime groups is 1. The summed E-state index contributed by atoms with van der Waals surface area (Å²) in [5, 5.41) is 25.3. The summed E-state index contributed by atoms with van der Waals surface area (Å²) in [6, 6.07) is 8.21. The van der Waals surface area contributed by atoms with E-state index >= 15 is 0 Å². The summed E-state index contributed by atoms with van der Waals surface area (Å²) in [6.45, 7) is 2.49. The van der Waals surface area contributed by atoms with Crippen molar-refractivity contribution in [1.29, 1.82) is 0 Å². The molecule has 0 fully saturated rings. The van der Waals surface area contributed by atoms with Crippen LogP contribution in [0.4, 0.5) is 0 Å². The third-order valence-electron chi connectivity index (χ3n) is 4.19. The van der Waals surface area contributed by atoms with Crippen LogP contribution in [0.15, 0.2) is 46.4 Å². The van der Waals surface area contributed by atoms with Gasteiger partial charge in [0, 0.05) is 38.0 Å².